The molecular weight excluding hydrogens is 422 g/mol. The number of nitrogens with one attached hydrogen (secondary N) is 2. The lowest BCUT2D eigenvalue weighted by atomic mass is 10.0. The van der Waals surface area contributed by atoms with E-state index >= 15 is 0 Å². The highest BCUT2D eigenvalue weighted by Gasteiger charge is 2.15. The predicted molar refractivity (Wildman–Crippen MR) is 129 cm³/mol. The molecule has 168 valence electrons. The van der Waals surface area contributed by atoms with Crippen molar-refractivity contribution < 1.29 is 9.59 Å². The van der Waals surface area contributed by atoms with Gasteiger partial charge in [-0.2, -0.15) is 0 Å². The Labute approximate surface area is 193 Å². The van der Waals surface area contributed by atoms with Crippen molar-refractivity contribution in [1.29, 1.82) is 0 Å². The number of anilines is 2. The second kappa shape index (κ2) is 10.5. The van der Waals surface area contributed by atoms with E-state index in [1.165, 1.54) is 22.9 Å². The van der Waals surface area contributed by atoms with Crippen LogP contribution in [0.2, 0.25) is 0 Å². The van der Waals surface area contributed by atoms with Gasteiger partial charge < -0.3 is 15.2 Å². The van der Waals surface area contributed by atoms with Crippen molar-refractivity contribution in [3.8, 4) is 0 Å². The number of aromatic nitrogens is 3. The fourth-order valence-corrected chi connectivity index (χ4v) is 3.80. The molecule has 0 aliphatic heterocycles. The first kappa shape index (κ1) is 23.5. The molecule has 3 rings (SSSR count). The molecule has 0 radical (unpaired) electrons. The predicted octanol–water partition coefficient (Wildman–Crippen LogP) is 4.47. The maximum Gasteiger partial charge on any atom is 0.234 e. The Balaban J connectivity index is 1.52. The third-order valence-electron chi connectivity index (χ3n) is 5.23. The third-order valence-corrected chi connectivity index (χ3v) is 6.25. The minimum atomic E-state index is -0.164. The molecule has 0 spiro atoms. The van der Waals surface area contributed by atoms with Crippen LogP contribution in [0, 0.1) is 13.8 Å². The summed E-state index contributed by atoms with van der Waals surface area (Å²) in [5.74, 6) is 0.904. The minimum absolute atomic E-state index is 0.103. The Kier molecular flexibility index (Phi) is 7.69. The number of carbonyl (C=O) groups excluding carboxylic acids is 2. The molecule has 8 heteroatoms. The highest BCUT2D eigenvalue weighted by Crippen LogP contribution is 2.20. The second-order valence-corrected chi connectivity index (χ2v) is 9.04. The second-order valence-electron chi connectivity index (χ2n) is 8.10. The van der Waals surface area contributed by atoms with Gasteiger partial charge in [-0.15, -0.1) is 10.2 Å². The van der Waals surface area contributed by atoms with Crippen LogP contribution >= 0.6 is 11.8 Å². The highest BCUT2D eigenvalue weighted by molar-refractivity contribution is 7.99. The summed E-state index contributed by atoms with van der Waals surface area (Å²) in [6.07, 6.45) is 0.103. The Morgan fingerprint density at radius 3 is 2.25 bits per heavy atom. The molecular formula is C24H29N5O2S. The highest BCUT2D eigenvalue weighted by atomic mass is 32.2. The van der Waals surface area contributed by atoms with Gasteiger partial charge in [-0.05, 0) is 60.7 Å². The van der Waals surface area contributed by atoms with Gasteiger partial charge in [0, 0.05) is 18.4 Å². The Morgan fingerprint density at radius 2 is 1.59 bits per heavy atom. The first-order valence-electron chi connectivity index (χ1n) is 10.5. The molecule has 1 heterocycles. The Bertz CT molecular complexity index is 1110. The minimum Gasteiger partial charge on any atom is -0.326 e. The van der Waals surface area contributed by atoms with E-state index in [-0.39, 0.29) is 24.0 Å². The maximum absolute atomic E-state index is 12.4. The molecule has 2 N–H and O–H groups in total. The zero-order chi connectivity index (χ0) is 23.3. The molecule has 0 unspecified atom stereocenters. The van der Waals surface area contributed by atoms with E-state index in [9.17, 15) is 9.59 Å². The number of thioether (sulfide) groups is 1. The number of hydrogen-bond acceptors (Lipinski definition) is 5. The van der Waals surface area contributed by atoms with Gasteiger partial charge >= 0.3 is 0 Å². The number of amides is 2. The summed E-state index contributed by atoms with van der Waals surface area (Å²) in [5.41, 5.74) is 5.05. The first-order chi connectivity index (χ1) is 15.2. The molecule has 2 aromatic carbocycles. The summed E-state index contributed by atoms with van der Waals surface area (Å²) >= 11 is 1.28. The van der Waals surface area contributed by atoms with Gasteiger partial charge in [-0.25, -0.2) is 0 Å². The number of rotatable bonds is 8. The van der Waals surface area contributed by atoms with Crippen LogP contribution < -0.4 is 10.6 Å². The number of benzene rings is 2. The summed E-state index contributed by atoms with van der Waals surface area (Å²) in [6, 6.07) is 13.7. The summed E-state index contributed by atoms with van der Waals surface area (Å²) in [5, 5.41) is 14.6. The first-order valence-corrected chi connectivity index (χ1v) is 11.5. The third kappa shape index (κ3) is 6.20. The number of carbonyl (C=O) groups is 2. The molecule has 0 aliphatic rings. The molecule has 0 fully saturated rings. The van der Waals surface area contributed by atoms with Gasteiger partial charge in [0.1, 0.15) is 5.82 Å². The SMILES string of the molecule is Cc1ccc(NC(=O)Cc2nnc(SCC(=O)Nc3ccc(C(C)C)cc3)n2C)cc1C. The number of aryl methyl sites for hydroxylation is 2. The average Bonchev–Trinajstić information content (AvgIpc) is 3.09. The zero-order valence-corrected chi connectivity index (χ0v) is 19.9. The molecule has 0 bridgehead atoms. The normalized spacial score (nSPS) is 10.9. The van der Waals surface area contributed by atoms with Crippen LogP contribution in [0.25, 0.3) is 0 Å². The molecule has 3 aromatic rings. The van der Waals surface area contributed by atoms with E-state index in [4.69, 9.17) is 0 Å². The molecule has 1 aromatic heterocycles. The lowest BCUT2D eigenvalue weighted by Crippen LogP contribution is -2.17. The molecule has 0 saturated heterocycles. The van der Waals surface area contributed by atoms with Crippen molar-refractivity contribution in [2.75, 3.05) is 16.4 Å². The smallest absolute Gasteiger partial charge is 0.234 e. The summed E-state index contributed by atoms with van der Waals surface area (Å²) < 4.78 is 1.75. The lowest BCUT2D eigenvalue weighted by molar-refractivity contribution is -0.116. The van der Waals surface area contributed by atoms with E-state index in [0.717, 1.165) is 16.9 Å². The average molecular weight is 452 g/mol. The van der Waals surface area contributed by atoms with Gasteiger partial charge in [-0.1, -0.05) is 43.8 Å². The van der Waals surface area contributed by atoms with Gasteiger partial charge in [0.05, 0.1) is 12.2 Å². The molecule has 2 amide bonds. The molecule has 0 saturated carbocycles. The van der Waals surface area contributed by atoms with Crippen LogP contribution in [0.5, 0.6) is 0 Å². The molecule has 32 heavy (non-hydrogen) atoms. The molecule has 7 nitrogen and oxygen atoms in total. The van der Waals surface area contributed by atoms with Crippen molar-refractivity contribution in [3.63, 3.8) is 0 Å². The van der Waals surface area contributed by atoms with E-state index in [2.05, 4.69) is 34.7 Å². The molecule has 0 aliphatic carbocycles. The van der Waals surface area contributed by atoms with Gasteiger partial charge in [-0.3, -0.25) is 9.59 Å². The van der Waals surface area contributed by atoms with Gasteiger partial charge in [0.2, 0.25) is 11.8 Å². The van der Waals surface area contributed by atoms with Crippen LogP contribution in [0.1, 0.15) is 42.3 Å². The van der Waals surface area contributed by atoms with Crippen LogP contribution in [0.3, 0.4) is 0 Å². The monoisotopic (exact) mass is 451 g/mol. The van der Waals surface area contributed by atoms with Crippen molar-refractivity contribution >= 4 is 35.0 Å². The van der Waals surface area contributed by atoms with Crippen molar-refractivity contribution in [2.45, 2.75) is 45.2 Å². The van der Waals surface area contributed by atoms with E-state index in [1.54, 1.807) is 11.6 Å². The van der Waals surface area contributed by atoms with Gasteiger partial charge in [0.25, 0.3) is 0 Å². The van der Waals surface area contributed by atoms with Crippen LogP contribution in [0.4, 0.5) is 11.4 Å². The van der Waals surface area contributed by atoms with E-state index < -0.39 is 0 Å². The lowest BCUT2D eigenvalue weighted by Gasteiger charge is -2.09. The number of nitrogens with zero attached hydrogens (tertiary/aromatic N) is 3. The molecule has 0 atom stereocenters. The van der Waals surface area contributed by atoms with E-state index in [0.29, 0.717) is 16.9 Å². The fourth-order valence-electron chi connectivity index (χ4n) is 3.07. The van der Waals surface area contributed by atoms with Crippen molar-refractivity contribution in [3.05, 3.63) is 65.0 Å². The summed E-state index contributed by atoms with van der Waals surface area (Å²) in [6.45, 7) is 8.30. The van der Waals surface area contributed by atoms with E-state index in [1.807, 2.05) is 56.3 Å². The standard InChI is InChI=1S/C24H29N5O2S/c1-15(2)18-7-10-19(11-8-18)25-23(31)14-32-24-28-27-21(29(24)5)13-22(30)26-20-9-6-16(3)17(4)12-20/h6-12,15H,13-14H2,1-5H3,(H,25,31)(H,26,30). The Hall–Kier alpha value is -3.13. The van der Waals surface area contributed by atoms with Crippen LogP contribution in [-0.2, 0) is 23.1 Å². The quantitative estimate of drug-likeness (QED) is 0.494. The topological polar surface area (TPSA) is 88.9 Å². The van der Waals surface area contributed by atoms with Crippen molar-refractivity contribution in [2.24, 2.45) is 7.05 Å². The van der Waals surface area contributed by atoms with Gasteiger partial charge in [0.15, 0.2) is 5.16 Å². The largest absolute Gasteiger partial charge is 0.326 e. The van der Waals surface area contributed by atoms with Crippen molar-refractivity contribution in [1.82, 2.24) is 14.8 Å². The maximum atomic E-state index is 12.4. The van der Waals surface area contributed by atoms with Crippen LogP contribution in [-0.4, -0.2) is 32.3 Å². The van der Waals surface area contributed by atoms with Crippen LogP contribution in [0.15, 0.2) is 47.6 Å². The Morgan fingerprint density at radius 1 is 0.938 bits per heavy atom. The number of hydrogen-bond donors (Lipinski definition) is 2. The summed E-state index contributed by atoms with van der Waals surface area (Å²) in [7, 11) is 1.80. The summed E-state index contributed by atoms with van der Waals surface area (Å²) in [4.78, 5) is 24.7. The zero-order valence-electron chi connectivity index (χ0n) is 19.1. The fraction of sp³-hybridized carbons (Fsp3) is 0.333.